The predicted molar refractivity (Wildman–Crippen MR) is 75.0 cm³/mol. The summed E-state index contributed by atoms with van der Waals surface area (Å²) >= 11 is 0. The molecule has 16 heteroatoms. The SMILES string of the molecule is CC1C(C)C(O[N+](=O)[O-])C(O[N+](=O)[O-])C(C)C(O[N+](=O)[O-])C1O[N+](=O)[O-]. The minimum Gasteiger partial charge on any atom is -0.308 e. The molecular formula is C10H16N4O12. The van der Waals surface area contributed by atoms with Crippen molar-refractivity contribution in [1.29, 1.82) is 0 Å². The molecule has 6 atom stereocenters. The smallest absolute Gasteiger partial charge is 0.294 e. The Bertz CT molecular complexity index is 524. The lowest BCUT2D eigenvalue weighted by atomic mass is 9.87. The van der Waals surface area contributed by atoms with Gasteiger partial charge >= 0.3 is 0 Å². The van der Waals surface area contributed by atoms with E-state index >= 15 is 0 Å². The van der Waals surface area contributed by atoms with Crippen molar-refractivity contribution in [3.8, 4) is 0 Å². The highest BCUT2D eigenvalue weighted by Crippen LogP contribution is 2.38. The molecular weight excluding hydrogens is 368 g/mol. The molecule has 0 aromatic heterocycles. The summed E-state index contributed by atoms with van der Waals surface area (Å²) < 4.78 is 0. The van der Waals surface area contributed by atoms with Gasteiger partial charge in [-0.3, -0.25) is 0 Å². The van der Waals surface area contributed by atoms with Gasteiger partial charge in [-0.1, -0.05) is 20.8 Å². The Morgan fingerprint density at radius 1 is 0.500 bits per heavy atom. The summed E-state index contributed by atoms with van der Waals surface area (Å²) in [6.07, 6.45) is -6.48. The van der Waals surface area contributed by atoms with Crippen LogP contribution < -0.4 is 0 Å². The summed E-state index contributed by atoms with van der Waals surface area (Å²) in [5.41, 5.74) is 0. The zero-order chi connectivity index (χ0) is 20.2. The molecule has 0 saturated heterocycles. The highest BCUT2D eigenvalue weighted by Gasteiger charge is 2.52. The van der Waals surface area contributed by atoms with Crippen molar-refractivity contribution >= 4 is 0 Å². The Hall–Kier alpha value is -3.20. The number of hydrogen-bond acceptors (Lipinski definition) is 12. The molecule has 1 rings (SSSR count). The predicted octanol–water partition coefficient (Wildman–Crippen LogP) is 0.216. The van der Waals surface area contributed by atoms with Crippen LogP contribution in [-0.4, -0.2) is 44.8 Å². The summed E-state index contributed by atoms with van der Waals surface area (Å²) in [7, 11) is 0. The molecule has 0 radical (unpaired) electrons. The Balaban J connectivity index is 3.41. The first kappa shape index (κ1) is 20.8. The van der Waals surface area contributed by atoms with Crippen LogP contribution in [0.4, 0.5) is 0 Å². The second kappa shape index (κ2) is 8.26. The molecule has 0 bridgehead atoms. The van der Waals surface area contributed by atoms with E-state index < -0.39 is 62.5 Å². The van der Waals surface area contributed by atoms with Gasteiger partial charge < -0.3 is 19.4 Å². The van der Waals surface area contributed by atoms with E-state index in [0.29, 0.717) is 0 Å². The molecule has 0 amide bonds. The third kappa shape index (κ3) is 4.90. The molecule has 0 N–H and O–H groups in total. The maximum atomic E-state index is 10.8. The maximum absolute atomic E-state index is 10.8. The van der Waals surface area contributed by atoms with Gasteiger partial charge in [-0.25, -0.2) is 0 Å². The van der Waals surface area contributed by atoms with Crippen LogP contribution in [0, 0.1) is 58.2 Å². The Labute approximate surface area is 144 Å². The van der Waals surface area contributed by atoms with Crippen LogP contribution in [0.15, 0.2) is 0 Å². The fraction of sp³-hybridized carbons (Fsp3) is 1.00. The van der Waals surface area contributed by atoms with E-state index in [0.717, 1.165) is 0 Å². The third-order valence-electron chi connectivity index (χ3n) is 4.38. The number of rotatable bonds is 8. The highest BCUT2D eigenvalue weighted by molar-refractivity contribution is 4.95. The van der Waals surface area contributed by atoms with Gasteiger partial charge in [-0.05, 0) is 11.8 Å². The minimum absolute atomic E-state index is 0.960. The van der Waals surface area contributed by atoms with E-state index in [1.54, 1.807) is 0 Å². The van der Waals surface area contributed by atoms with Crippen molar-refractivity contribution in [2.45, 2.75) is 45.2 Å². The van der Waals surface area contributed by atoms with Crippen molar-refractivity contribution in [2.75, 3.05) is 0 Å². The molecule has 1 fully saturated rings. The molecule has 1 aliphatic carbocycles. The third-order valence-corrected chi connectivity index (χ3v) is 4.38. The van der Waals surface area contributed by atoms with E-state index in [4.69, 9.17) is 0 Å². The Kier molecular flexibility index (Phi) is 6.62. The molecule has 1 aliphatic rings. The average Bonchev–Trinajstić information content (AvgIpc) is 2.55. The first-order valence-electron chi connectivity index (χ1n) is 7.20. The fourth-order valence-corrected chi connectivity index (χ4v) is 3.00. The van der Waals surface area contributed by atoms with Crippen LogP contribution in [-0.2, 0) is 19.4 Å². The topological polar surface area (TPSA) is 209 Å². The van der Waals surface area contributed by atoms with Crippen LogP contribution in [0.3, 0.4) is 0 Å². The second-order valence-corrected chi connectivity index (χ2v) is 5.75. The fourth-order valence-electron chi connectivity index (χ4n) is 3.00. The summed E-state index contributed by atoms with van der Waals surface area (Å²) in [5, 5.41) is 38.2. The molecule has 148 valence electrons. The summed E-state index contributed by atoms with van der Waals surface area (Å²) in [6, 6.07) is 0. The average molecular weight is 384 g/mol. The lowest BCUT2D eigenvalue weighted by Crippen LogP contribution is -2.47. The van der Waals surface area contributed by atoms with Gasteiger partial charge in [0.15, 0.2) is 0 Å². The number of nitrogens with zero attached hydrogens (tertiary/aromatic N) is 4. The van der Waals surface area contributed by atoms with Gasteiger partial charge in [0.2, 0.25) is 0 Å². The second-order valence-electron chi connectivity index (χ2n) is 5.75. The van der Waals surface area contributed by atoms with E-state index in [2.05, 4.69) is 19.4 Å². The van der Waals surface area contributed by atoms with Crippen molar-refractivity contribution in [3.05, 3.63) is 40.5 Å². The summed E-state index contributed by atoms with van der Waals surface area (Å²) in [6.45, 7) is 3.89. The van der Waals surface area contributed by atoms with Crippen LogP contribution in [0.1, 0.15) is 20.8 Å². The van der Waals surface area contributed by atoms with E-state index in [9.17, 15) is 40.5 Å². The standard InChI is InChI=1S/C10H16N4O12/c1-4-5(2)8(24-12(17)18)10(26-14(21)22)6(3)9(25-13(19)20)7(4)23-11(15)16/h4-10H,1-3H3. The van der Waals surface area contributed by atoms with Crippen LogP contribution in [0.25, 0.3) is 0 Å². The van der Waals surface area contributed by atoms with Crippen LogP contribution >= 0.6 is 0 Å². The van der Waals surface area contributed by atoms with Crippen molar-refractivity contribution in [2.24, 2.45) is 17.8 Å². The largest absolute Gasteiger partial charge is 0.308 e. The highest BCUT2D eigenvalue weighted by atomic mass is 17.0. The maximum Gasteiger partial charge on any atom is 0.294 e. The van der Waals surface area contributed by atoms with Crippen molar-refractivity contribution in [1.82, 2.24) is 0 Å². The van der Waals surface area contributed by atoms with Crippen LogP contribution in [0.2, 0.25) is 0 Å². The van der Waals surface area contributed by atoms with Gasteiger partial charge in [0.05, 0.1) is 0 Å². The molecule has 1 saturated carbocycles. The van der Waals surface area contributed by atoms with E-state index in [-0.39, 0.29) is 0 Å². The molecule has 16 nitrogen and oxygen atoms in total. The normalized spacial score (nSPS) is 34.0. The zero-order valence-electron chi connectivity index (χ0n) is 13.7. The van der Waals surface area contributed by atoms with E-state index in [1.807, 2.05) is 0 Å². The zero-order valence-corrected chi connectivity index (χ0v) is 13.7. The van der Waals surface area contributed by atoms with Gasteiger partial charge in [-0.2, -0.15) is 0 Å². The lowest BCUT2D eigenvalue weighted by Gasteiger charge is -2.31. The first-order chi connectivity index (χ1) is 12.0. The molecule has 26 heavy (non-hydrogen) atoms. The van der Waals surface area contributed by atoms with Gasteiger partial charge in [0, 0.05) is 5.92 Å². The Morgan fingerprint density at radius 3 is 0.885 bits per heavy atom. The number of hydrogen-bond donors (Lipinski definition) is 0. The lowest BCUT2D eigenvalue weighted by molar-refractivity contribution is -0.809. The molecule has 0 spiro atoms. The molecule has 0 aliphatic heterocycles. The molecule has 0 aromatic carbocycles. The van der Waals surface area contributed by atoms with Crippen LogP contribution in [0.5, 0.6) is 0 Å². The van der Waals surface area contributed by atoms with Gasteiger partial charge in [0.25, 0.3) is 20.3 Å². The van der Waals surface area contributed by atoms with Crippen molar-refractivity contribution < 1.29 is 39.7 Å². The quantitative estimate of drug-likeness (QED) is 0.312. The molecule has 0 aromatic rings. The first-order valence-corrected chi connectivity index (χ1v) is 7.20. The molecule has 0 heterocycles. The summed E-state index contributed by atoms with van der Waals surface area (Å²) in [4.78, 5) is 61.0. The minimum atomic E-state index is -1.68. The Morgan fingerprint density at radius 2 is 0.692 bits per heavy atom. The van der Waals surface area contributed by atoms with Gasteiger partial charge in [0.1, 0.15) is 24.4 Å². The summed E-state index contributed by atoms with van der Waals surface area (Å²) in [5.74, 6) is -3.23. The van der Waals surface area contributed by atoms with Crippen molar-refractivity contribution in [3.63, 3.8) is 0 Å². The molecule has 6 unspecified atom stereocenters. The van der Waals surface area contributed by atoms with Gasteiger partial charge in [-0.15, -0.1) is 40.5 Å². The monoisotopic (exact) mass is 384 g/mol. The van der Waals surface area contributed by atoms with E-state index in [1.165, 1.54) is 20.8 Å².